The molecule has 2 N–H and O–H groups in total. The van der Waals surface area contributed by atoms with Crippen molar-refractivity contribution in [3.8, 4) is 11.1 Å². The molecule has 1 fully saturated rings. The van der Waals surface area contributed by atoms with Crippen LogP contribution in [0.1, 0.15) is 17.0 Å². The van der Waals surface area contributed by atoms with Gasteiger partial charge in [-0.15, -0.1) is 0 Å². The first-order chi connectivity index (χ1) is 14.6. The Bertz CT molecular complexity index is 965. The van der Waals surface area contributed by atoms with Crippen LogP contribution < -0.4 is 15.5 Å². The van der Waals surface area contributed by atoms with Crippen molar-refractivity contribution in [3.05, 3.63) is 90.0 Å². The fourth-order valence-corrected chi connectivity index (χ4v) is 4.09. The Hall–Kier alpha value is -3.11. The molecule has 1 aliphatic heterocycles. The number of anilines is 1. The van der Waals surface area contributed by atoms with E-state index < -0.39 is 0 Å². The van der Waals surface area contributed by atoms with Gasteiger partial charge in [0.15, 0.2) is 0 Å². The fraction of sp³-hybridized carbons (Fsp3) is 0.269. The van der Waals surface area contributed by atoms with Gasteiger partial charge in [0.25, 0.3) is 0 Å². The Morgan fingerprint density at radius 3 is 2.23 bits per heavy atom. The third kappa shape index (κ3) is 4.71. The van der Waals surface area contributed by atoms with Crippen molar-refractivity contribution in [1.29, 1.82) is 0 Å². The number of hydrogen-bond acceptors (Lipinski definition) is 3. The molecule has 1 saturated heterocycles. The maximum atomic E-state index is 12.7. The van der Waals surface area contributed by atoms with Crippen LogP contribution in [0, 0.1) is 0 Å². The van der Waals surface area contributed by atoms with Crippen molar-refractivity contribution < 1.29 is 4.79 Å². The number of carbonyl (C=O) groups excluding carboxylic acids is 1. The van der Waals surface area contributed by atoms with Gasteiger partial charge in [-0.05, 0) is 34.4 Å². The van der Waals surface area contributed by atoms with Crippen molar-refractivity contribution in [2.24, 2.45) is 0 Å². The number of benzene rings is 3. The van der Waals surface area contributed by atoms with E-state index in [-0.39, 0.29) is 17.9 Å². The maximum absolute atomic E-state index is 12.7. The predicted octanol–water partition coefficient (Wildman–Crippen LogP) is 3.83. The molecule has 0 bridgehead atoms. The summed E-state index contributed by atoms with van der Waals surface area (Å²) in [5.41, 5.74) is 5.87. The standard InChI is InChI=1S/C26H29N3O/c1-29(2)23-14-8-19(9-15-23)16-26(30)28-25-18-27-17-24(25)22-12-10-21(11-13-22)20-6-4-3-5-7-20/h3-15,24-25,27H,16-18H2,1-2H3,(H,28,30)/t24-,25+/m0/s1. The molecule has 4 nitrogen and oxygen atoms in total. The number of nitrogens with zero attached hydrogens (tertiary/aromatic N) is 1. The number of nitrogens with one attached hydrogen (secondary N) is 2. The zero-order valence-corrected chi connectivity index (χ0v) is 17.6. The Labute approximate surface area is 178 Å². The SMILES string of the molecule is CN(C)c1ccc(CC(=O)N[C@@H]2CNC[C@H]2c2ccc(-c3ccccc3)cc2)cc1. The number of amides is 1. The van der Waals surface area contributed by atoms with E-state index in [1.807, 2.05) is 32.3 Å². The molecule has 1 heterocycles. The summed E-state index contributed by atoms with van der Waals surface area (Å²) in [6, 6.07) is 27.4. The lowest BCUT2D eigenvalue weighted by atomic mass is 9.92. The Morgan fingerprint density at radius 1 is 0.900 bits per heavy atom. The van der Waals surface area contributed by atoms with Crippen LogP contribution in [0.2, 0.25) is 0 Å². The summed E-state index contributed by atoms with van der Waals surface area (Å²) < 4.78 is 0. The second kappa shape index (κ2) is 9.14. The molecule has 154 valence electrons. The minimum Gasteiger partial charge on any atom is -0.378 e. The first-order valence-corrected chi connectivity index (χ1v) is 10.5. The zero-order chi connectivity index (χ0) is 20.9. The summed E-state index contributed by atoms with van der Waals surface area (Å²) in [6.45, 7) is 1.68. The molecule has 0 saturated carbocycles. The first-order valence-electron chi connectivity index (χ1n) is 10.5. The highest BCUT2D eigenvalue weighted by atomic mass is 16.1. The molecular weight excluding hydrogens is 370 g/mol. The molecule has 2 atom stereocenters. The lowest BCUT2D eigenvalue weighted by Gasteiger charge is -2.21. The van der Waals surface area contributed by atoms with Gasteiger partial charge in [-0.25, -0.2) is 0 Å². The summed E-state index contributed by atoms with van der Waals surface area (Å²) in [4.78, 5) is 14.7. The Balaban J connectivity index is 1.39. The highest BCUT2D eigenvalue weighted by Crippen LogP contribution is 2.26. The third-order valence-electron chi connectivity index (χ3n) is 5.82. The smallest absolute Gasteiger partial charge is 0.224 e. The highest BCUT2D eigenvalue weighted by molar-refractivity contribution is 5.79. The molecule has 0 radical (unpaired) electrons. The van der Waals surface area contributed by atoms with Crippen molar-refractivity contribution in [2.45, 2.75) is 18.4 Å². The predicted molar refractivity (Wildman–Crippen MR) is 124 cm³/mol. The highest BCUT2D eigenvalue weighted by Gasteiger charge is 2.29. The van der Waals surface area contributed by atoms with Crippen LogP contribution in [0.4, 0.5) is 5.69 Å². The van der Waals surface area contributed by atoms with Crippen LogP contribution in [0.15, 0.2) is 78.9 Å². The molecule has 0 unspecified atom stereocenters. The van der Waals surface area contributed by atoms with Crippen molar-refractivity contribution >= 4 is 11.6 Å². The van der Waals surface area contributed by atoms with E-state index in [1.54, 1.807) is 0 Å². The Morgan fingerprint density at radius 2 is 1.57 bits per heavy atom. The van der Waals surface area contributed by atoms with Gasteiger partial charge in [-0.1, -0.05) is 66.7 Å². The molecule has 0 aromatic heterocycles. The largest absolute Gasteiger partial charge is 0.378 e. The van der Waals surface area contributed by atoms with Gasteiger partial charge in [0, 0.05) is 44.8 Å². The van der Waals surface area contributed by atoms with E-state index in [9.17, 15) is 4.79 Å². The van der Waals surface area contributed by atoms with Crippen LogP contribution >= 0.6 is 0 Å². The molecular formula is C26H29N3O. The normalized spacial score (nSPS) is 18.2. The summed E-state index contributed by atoms with van der Waals surface area (Å²) in [5.74, 6) is 0.363. The third-order valence-corrected chi connectivity index (χ3v) is 5.82. The van der Waals surface area contributed by atoms with E-state index in [0.717, 1.165) is 24.3 Å². The summed E-state index contributed by atoms with van der Waals surface area (Å²) in [7, 11) is 4.03. The van der Waals surface area contributed by atoms with Crippen LogP contribution in [-0.4, -0.2) is 39.1 Å². The fourth-order valence-electron chi connectivity index (χ4n) is 4.09. The maximum Gasteiger partial charge on any atom is 0.224 e. The van der Waals surface area contributed by atoms with Crippen LogP contribution in [0.25, 0.3) is 11.1 Å². The van der Waals surface area contributed by atoms with Gasteiger partial charge in [-0.2, -0.15) is 0 Å². The Kier molecular flexibility index (Phi) is 6.15. The van der Waals surface area contributed by atoms with Gasteiger partial charge >= 0.3 is 0 Å². The topological polar surface area (TPSA) is 44.4 Å². The van der Waals surface area contributed by atoms with Crippen molar-refractivity contribution in [2.75, 3.05) is 32.1 Å². The molecule has 1 aliphatic rings. The number of hydrogen-bond donors (Lipinski definition) is 2. The minimum atomic E-state index is 0.0761. The van der Waals surface area contributed by atoms with E-state index >= 15 is 0 Å². The summed E-state index contributed by atoms with van der Waals surface area (Å²) >= 11 is 0. The number of rotatable bonds is 6. The van der Waals surface area contributed by atoms with Crippen molar-refractivity contribution in [3.63, 3.8) is 0 Å². The lowest BCUT2D eigenvalue weighted by molar-refractivity contribution is -0.121. The number of carbonyl (C=O) groups is 1. The van der Waals surface area contributed by atoms with E-state index in [2.05, 4.69) is 76.2 Å². The van der Waals surface area contributed by atoms with E-state index in [0.29, 0.717) is 6.42 Å². The second-order valence-corrected chi connectivity index (χ2v) is 8.16. The monoisotopic (exact) mass is 399 g/mol. The van der Waals surface area contributed by atoms with Gasteiger partial charge in [-0.3, -0.25) is 4.79 Å². The van der Waals surface area contributed by atoms with Gasteiger partial charge in [0.1, 0.15) is 0 Å². The molecule has 4 rings (SSSR count). The molecule has 0 aliphatic carbocycles. The van der Waals surface area contributed by atoms with Gasteiger partial charge in [0.05, 0.1) is 6.42 Å². The quantitative estimate of drug-likeness (QED) is 0.662. The average molecular weight is 400 g/mol. The molecule has 0 spiro atoms. The van der Waals surface area contributed by atoms with Crippen LogP contribution in [0.5, 0.6) is 0 Å². The van der Waals surface area contributed by atoms with E-state index in [4.69, 9.17) is 0 Å². The molecule has 30 heavy (non-hydrogen) atoms. The molecule has 3 aromatic rings. The summed E-state index contributed by atoms with van der Waals surface area (Å²) in [5, 5.41) is 6.68. The average Bonchev–Trinajstić information content (AvgIpc) is 3.22. The van der Waals surface area contributed by atoms with E-state index in [1.165, 1.54) is 16.7 Å². The van der Waals surface area contributed by atoms with Crippen LogP contribution in [0.3, 0.4) is 0 Å². The lowest BCUT2D eigenvalue weighted by Crippen LogP contribution is -2.40. The van der Waals surface area contributed by atoms with Crippen molar-refractivity contribution in [1.82, 2.24) is 10.6 Å². The van der Waals surface area contributed by atoms with Crippen LogP contribution in [-0.2, 0) is 11.2 Å². The molecule has 4 heteroatoms. The zero-order valence-electron chi connectivity index (χ0n) is 17.6. The minimum absolute atomic E-state index is 0.0761. The van der Waals surface area contributed by atoms with Gasteiger partial charge < -0.3 is 15.5 Å². The molecule has 1 amide bonds. The second-order valence-electron chi connectivity index (χ2n) is 8.16. The first kappa shape index (κ1) is 20.2. The molecule has 3 aromatic carbocycles. The van der Waals surface area contributed by atoms with Gasteiger partial charge in [0.2, 0.25) is 5.91 Å². The summed E-state index contributed by atoms with van der Waals surface area (Å²) in [6.07, 6.45) is 0.407.